The molecule has 112 valence electrons. The highest BCUT2D eigenvalue weighted by atomic mass is 32.2. The fourth-order valence-electron chi connectivity index (χ4n) is 3.08. The van der Waals surface area contributed by atoms with E-state index in [0.717, 1.165) is 32.2 Å². The molecule has 0 bridgehead atoms. The molecule has 6 heteroatoms. The van der Waals surface area contributed by atoms with E-state index < -0.39 is 10.2 Å². The average molecular weight is 289 g/mol. The van der Waals surface area contributed by atoms with E-state index in [-0.39, 0.29) is 6.04 Å². The largest absolute Gasteiger partial charge is 0.313 e. The second-order valence-corrected chi connectivity index (χ2v) is 7.88. The van der Waals surface area contributed by atoms with Gasteiger partial charge in [-0.3, -0.25) is 0 Å². The first-order valence-electron chi connectivity index (χ1n) is 7.48. The monoisotopic (exact) mass is 289 g/mol. The minimum Gasteiger partial charge on any atom is -0.313 e. The third kappa shape index (κ3) is 3.68. The summed E-state index contributed by atoms with van der Waals surface area (Å²) in [6.45, 7) is 4.29. The molecule has 0 saturated carbocycles. The van der Waals surface area contributed by atoms with Gasteiger partial charge in [-0.2, -0.15) is 17.0 Å². The zero-order chi connectivity index (χ0) is 13.9. The third-order valence-electron chi connectivity index (χ3n) is 4.32. The fourth-order valence-corrected chi connectivity index (χ4v) is 4.72. The maximum absolute atomic E-state index is 12.6. The zero-order valence-electron chi connectivity index (χ0n) is 12.1. The van der Waals surface area contributed by atoms with E-state index in [4.69, 9.17) is 0 Å². The van der Waals surface area contributed by atoms with Crippen molar-refractivity contribution in [3.8, 4) is 0 Å². The van der Waals surface area contributed by atoms with Gasteiger partial charge in [0.1, 0.15) is 0 Å². The minimum absolute atomic E-state index is 0.139. The van der Waals surface area contributed by atoms with Crippen molar-refractivity contribution < 1.29 is 8.42 Å². The third-order valence-corrected chi connectivity index (χ3v) is 6.39. The first-order valence-corrected chi connectivity index (χ1v) is 8.88. The fraction of sp³-hybridized carbons (Fsp3) is 1.00. The summed E-state index contributed by atoms with van der Waals surface area (Å²) < 4.78 is 28.4. The molecule has 2 aliphatic heterocycles. The Hall–Kier alpha value is -0.170. The van der Waals surface area contributed by atoms with Crippen LogP contribution in [0.1, 0.15) is 45.4 Å². The molecule has 2 unspecified atom stereocenters. The van der Waals surface area contributed by atoms with Gasteiger partial charge in [0, 0.05) is 32.2 Å². The summed E-state index contributed by atoms with van der Waals surface area (Å²) in [5, 5.41) is 3.41. The molecule has 0 amide bonds. The van der Waals surface area contributed by atoms with Crippen molar-refractivity contribution >= 4 is 10.2 Å². The van der Waals surface area contributed by atoms with Crippen LogP contribution in [0.3, 0.4) is 0 Å². The van der Waals surface area contributed by atoms with Crippen LogP contribution in [-0.2, 0) is 10.2 Å². The lowest BCUT2D eigenvalue weighted by atomic mass is 10.1. The van der Waals surface area contributed by atoms with Crippen molar-refractivity contribution in [2.45, 2.75) is 57.5 Å². The SMILES string of the molecule is CC1CCCCN1S(=O)(=O)N(C)CC1CCCCN1. The Bertz CT molecular complexity index is 379. The van der Waals surface area contributed by atoms with Gasteiger partial charge in [-0.15, -0.1) is 0 Å². The van der Waals surface area contributed by atoms with E-state index in [1.807, 2.05) is 6.92 Å². The summed E-state index contributed by atoms with van der Waals surface area (Å²) >= 11 is 0. The van der Waals surface area contributed by atoms with E-state index in [0.29, 0.717) is 19.1 Å². The van der Waals surface area contributed by atoms with Gasteiger partial charge in [0.15, 0.2) is 0 Å². The molecule has 0 aliphatic carbocycles. The molecule has 2 aliphatic rings. The van der Waals surface area contributed by atoms with Crippen molar-refractivity contribution in [2.75, 3.05) is 26.7 Å². The summed E-state index contributed by atoms with van der Waals surface area (Å²) in [6.07, 6.45) is 6.59. The lowest BCUT2D eigenvalue weighted by Gasteiger charge is -2.36. The highest BCUT2D eigenvalue weighted by molar-refractivity contribution is 7.86. The Balaban J connectivity index is 1.97. The second-order valence-electron chi connectivity index (χ2n) is 5.89. The van der Waals surface area contributed by atoms with Crippen LogP contribution in [0, 0.1) is 0 Å². The molecule has 1 N–H and O–H groups in total. The number of piperidine rings is 2. The maximum Gasteiger partial charge on any atom is 0.282 e. The van der Waals surface area contributed by atoms with Crippen LogP contribution in [0.25, 0.3) is 0 Å². The van der Waals surface area contributed by atoms with Gasteiger partial charge in [-0.05, 0) is 39.2 Å². The van der Waals surface area contributed by atoms with E-state index in [9.17, 15) is 8.42 Å². The number of nitrogens with one attached hydrogen (secondary N) is 1. The predicted octanol–water partition coefficient (Wildman–Crippen LogP) is 1.18. The van der Waals surface area contributed by atoms with E-state index in [1.165, 1.54) is 17.1 Å². The smallest absolute Gasteiger partial charge is 0.282 e. The summed E-state index contributed by atoms with van der Waals surface area (Å²) in [4.78, 5) is 0. The van der Waals surface area contributed by atoms with Gasteiger partial charge < -0.3 is 5.32 Å². The molecule has 2 saturated heterocycles. The maximum atomic E-state index is 12.6. The van der Waals surface area contributed by atoms with Crippen LogP contribution in [0.2, 0.25) is 0 Å². The van der Waals surface area contributed by atoms with Crippen LogP contribution in [-0.4, -0.2) is 55.8 Å². The molecule has 2 rings (SSSR count). The van der Waals surface area contributed by atoms with Crippen LogP contribution < -0.4 is 5.32 Å². The van der Waals surface area contributed by atoms with Gasteiger partial charge in [0.05, 0.1) is 0 Å². The van der Waals surface area contributed by atoms with Crippen LogP contribution in [0.15, 0.2) is 0 Å². The molecule has 2 fully saturated rings. The number of likely N-dealkylation sites (N-methyl/N-ethyl adjacent to an activating group) is 1. The van der Waals surface area contributed by atoms with Crippen LogP contribution in [0.5, 0.6) is 0 Å². The molecule has 0 aromatic rings. The molecular weight excluding hydrogens is 262 g/mol. The molecule has 0 aromatic heterocycles. The predicted molar refractivity (Wildman–Crippen MR) is 77.2 cm³/mol. The van der Waals surface area contributed by atoms with Crippen molar-refractivity contribution in [1.82, 2.24) is 13.9 Å². The van der Waals surface area contributed by atoms with Crippen molar-refractivity contribution in [2.24, 2.45) is 0 Å². The summed E-state index contributed by atoms with van der Waals surface area (Å²) in [5.41, 5.74) is 0. The Labute approximate surface area is 117 Å². The van der Waals surface area contributed by atoms with Crippen molar-refractivity contribution in [3.63, 3.8) is 0 Å². The quantitative estimate of drug-likeness (QED) is 0.845. The number of hydrogen-bond donors (Lipinski definition) is 1. The van der Waals surface area contributed by atoms with Gasteiger partial charge in [-0.1, -0.05) is 12.8 Å². The van der Waals surface area contributed by atoms with E-state index in [2.05, 4.69) is 5.32 Å². The Kier molecular flexibility index (Phi) is 5.22. The molecule has 0 spiro atoms. The van der Waals surface area contributed by atoms with Crippen LogP contribution >= 0.6 is 0 Å². The van der Waals surface area contributed by atoms with Crippen molar-refractivity contribution in [1.29, 1.82) is 0 Å². The standard InChI is InChI=1S/C13H27N3O2S/c1-12-7-4-6-10-16(12)19(17,18)15(2)11-13-8-3-5-9-14-13/h12-14H,3-11H2,1-2H3. The van der Waals surface area contributed by atoms with Crippen molar-refractivity contribution in [3.05, 3.63) is 0 Å². The summed E-state index contributed by atoms with van der Waals surface area (Å²) in [5.74, 6) is 0. The summed E-state index contributed by atoms with van der Waals surface area (Å²) in [7, 11) is -1.57. The normalized spacial score (nSPS) is 30.7. The Morgan fingerprint density at radius 2 is 1.95 bits per heavy atom. The Morgan fingerprint density at radius 3 is 2.58 bits per heavy atom. The molecule has 2 heterocycles. The van der Waals surface area contributed by atoms with Crippen LogP contribution in [0.4, 0.5) is 0 Å². The highest BCUT2D eigenvalue weighted by Crippen LogP contribution is 2.22. The van der Waals surface area contributed by atoms with Gasteiger partial charge in [0.25, 0.3) is 10.2 Å². The number of hydrogen-bond acceptors (Lipinski definition) is 3. The van der Waals surface area contributed by atoms with E-state index >= 15 is 0 Å². The average Bonchev–Trinajstić information content (AvgIpc) is 2.40. The molecule has 2 atom stereocenters. The zero-order valence-corrected chi connectivity index (χ0v) is 13.0. The first kappa shape index (κ1) is 15.2. The minimum atomic E-state index is -3.28. The Morgan fingerprint density at radius 1 is 1.21 bits per heavy atom. The molecule has 5 nitrogen and oxygen atoms in total. The first-order chi connectivity index (χ1) is 9.01. The number of rotatable bonds is 4. The topological polar surface area (TPSA) is 52.7 Å². The van der Waals surface area contributed by atoms with Gasteiger partial charge >= 0.3 is 0 Å². The molecule has 0 aromatic carbocycles. The molecular formula is C13H27N3O2S. The second kappa shape index (κ2) is 6.52. The summed E-state index contributed by atoms with van der Waals surface area (Å²) in [6, 6.07) is 0.453. The lowest BCUT2D eigenvalue weighted by molar-refractivity contribution is 0.243. The lowest BCUT2D eigenvalue weighted by Crippen LogP contribution is -2.52. The van der Waals surface area contributed by atoms with E-state index in [1.54, 1.807) is 11.4 Å². The molecule has 19 heavy (non-hydrogen) atoms. The van der Waals surface area contributed by atoms with Gasteiger partial charge in [-0.25, -0.2) is 0 Å². The number of nitrogens with zero attached hydrogens (tertiary/aromatic N) is 2. The highest BCUT2D eigenvalue weighted by Gasteiger charge is 2.33. The molecule has 0 radical (unpaired) electrons. The van der Waals surface area contributed by atoms with Gasteiger partial charge in [0.2, 0.25) is 0 Å².